The van der Waals surface area contributed by atoms with Crippen molar-refractivity contribution in [1.29, 1.82) is 0 Å². The summed E-state index contributed by atoms with van der Waals surface area (Å²) in [4.78, 5) is 16.3. The van der Waals surface area contributed by atoms with Crippen LogP contribution in [0.1, 0.15) is 37.6 Å². The van der Waals surface area contributed by atoms with Crippen molar-refractivity contribution in [2.45, 2.75) is 54.4 Å². The highest BCUT2D eigenvalue weighted by molar-refractivity contribution is 8.00. The minimum Gasteiger partial charge on any atom is -0.373 e. The largest absolute Gasteiger partial charge is 0.373 e. The number of amides is 1. The molecule has 1 saturated heterocycles. The van der Waals surface area contributed by atoms with E-state index in [4.69, 9.17) is 16.3 Å². The number of fused-ring (bicyclic) bond motifs is 1. The number of sulfonamides is 1. The highest BCUT2D eigenvalue weighted by atomic mass is 35.5. The molecule has 0 aliphatic carbocycles. The van der Waals surface area contributed by atoms with Crippen LogP contribution in [0.5, 0.6) is 0 Å². The first-order valence-electron chi connectivity index (χ1n) is 10.7. The van der Waals surface area contributed by atoms with E-state index in [9.17, 15) is 13.2 Å². The average molecular weight is 495 g/mol. The Labute approximate surface area is 198 Å². The third-order valence-electron chi connectivity index (χ3n) is 5.67. The number of hydrogen-bond acceptors (Lipinski definition) is 5. The molecule has 172 valence electrons. The molecule has 2 aromatic carbocycles. The maximum Gasteiger partial charge on any atom is 0.258 e. The number of morpholine rings is 1. The fourth-order valence-corrected chi connectivity index (χ4v) is 6.97. The highest BCUT2D eigenvalue weighted by Gasteiger charge is 2.32. The number of carbonyl (C=O) groups is 1. The van der Waals surface area contributed by atoms with Crippen molar-refractivity contribution < 1.29 is 17.9 Å². The van der Waals surface area contributed by atoms with Crippen LogP contribution in [0.25, 0.3) is 0 Å². The van der Waals surface area contributed by atoms with Gasteiger partial charge in [0.15, 0.2) is 0 Å². The standard InChI is InChI=1S/C23H27ClN2O4S2/c1-15-13-25(14-16(2)30-15)32(28,29)20-7-4-18(5-8-20)23(27)26-11-10-17(3)31-22-9-6-19(24)12-21(22)26/h4-9,12,15-17H,10-11,13-14H2,1-3H3/t15-,16-,17+/m1/s1. The summed E-state index contributed by atoms with van der Waals surface area (Å²) in [5.74, 6) is -0.166. The third kappa shape index (κ3) is 4.84. The molecule has 2 heterocycles. The number of carbonyl (C=O) groups excluding carboxylic acids is 1. The quantitative estimate of drug-likeness (QED) is 0.620. The van der Waals surface area contributed by atoms with E-state index < -0.39 is 10.0 Å². The molecular weight excluding hydrogens is 468 g/mol. The molecule has 0 N–H and O–H groups in total. The number of benzene rings is 2. The Balaban J connectivity index is 1.59. The molecule has 2 aliphatic heterocycles. The highest BCUT2D eigenvalue weighted by Crippen LogP contribution is 2.39. The molecule has 0 spiro atoms. The second kappa shape index (κ2) is 9.35. The predicted octanol–water partition coefficient (Wildman–Crippen LogP) is 4.67. The molecule has 6 nitrogen and oxygen atoms in total. The zero-order valence-corrected chi connectivity index (χ0v) is 20.7. The molecule has 0 saturated carbocycles. The first-order chi connectivity index (χ1) is 15.1. The fraction of sp³-hybridized carbons (Fsp3) is 0.435. The van der Waals surface area contributed by atoms with Crippen molar-refractivity contribution in [3.05, 3.63) is 53.1 Å². The van der Waals surface area contributed by atoms with E-state index in [-0.39, 0.29) is 23.0 Å². The van der Waals surface area contributed by atoms with E-state index in [1.54, 1.807) is 28.8 Å². The van der Waals surface area contributed by atoms with Gasteiger partial charge in [-0.2, -0.15) is 4.31 Å². The summed E-state index contributed by atoms with van der Waals surface area (Å²) in [6.07, 6.45) is 0.525. The van der Waals surface area contributed by atoms with E-state index in [0.29, 0.717) is 35.5 Å². The predicted molar refractivity (Wildman–Crippen MR) is 128 cm³/mol. The van der Waals surface area contributed by atoms with Gasteiger partial charge >= 0.3 is 0 Å². The van der Waals surface area contributed by atoms with Crippen molar-refractivity contribution in [3.8, 4) is 0 Å². The number of rotatable bonds is 3. The van der Waals surface area contributed by atoms with Crippen LogP contribution in [0.2, 0.25) is 5.02 Å². The molecule has 2 aliphatic rings. The zero-order chi connectivity index (χ0) is 23.0. The van der Waals surface area contributed by atoms with Crippen LogP contribution >= 0.6 is 23.4 Å². The minimum absolute atomic E-state index is 0.162. The van der Waals surface area contributed by atoms with E-state index in [1.807, 2.05) is 32.0 Å². The summed E-state index contributed by atoms with van der Waals surface area (Å²) in [5, 5.41) is 0.950. The van der Waals surface area contributed by atoms with Crippen LogP contribution in [0, 0.1) is 0 Å². The first kappa shape index (κ1) is 23.6. The molecule has 3 atom stereocenters. The summed E-state index contributed by atoms with van der Waals surface area (Å²) < 4.78 is 33.3. The average Bonchev–Trinajstić information content (AvgIpc) is 2.90. The van der Waals surface area contributed by atoms with E-state index in [0.717, 1.165) is 17.0 Å². The van der Waals surface area contributed by atoms with Gasteiger partial charge in [0.25, 0.3) is 5.91 Å². The van der Waals surface area contributed by atoms with E-state index in [2.05, 4.69) is 6.92 Å². The molecule has 9 heteroatoms. The molecule has 0 radical (unpaired) electrons. The summed E-state index contributed by atoms with van der Waals surface area (Å²) in [6, 6.07) is 11.8. The normalized spacial score (nSPS) is 24.6. The van der Waals surface area contributed by atoms with Crippen LogP contribution in [0.15, 0.2) is 52.3 Å². The van der Waals surface area contributed by atoms with Crippen LogP contribution in [-0.2, 0) is 14.8 Å². The maximum atomic E-state index is 13.4. The van der Waals surface area contributed by atoms with E-state index >= 15 is 0 Å². The Kier molecular flexibility index (Phi) is 6.89. The smallest absolute Gasteiger partial charge is 0.258 e. The van der Waals surface area contributed by atoms with Crippen LogP contribution < -0.4 is 4.90 Å². The molecule has 1 amide bonds. The van der Waals surface area contributed by atoms with Crippen molar-refractivity contribution >= 4 is 45.0 Å². The Bertz CT molecular complexity index is 1100. The van der Waals surface area contributed by atoms with Gasteiger partial charge in [-0.15, -0.1) is 11.8 Å². The van der Waals surface area contributed by atoms with E-state index in [1.165, 1.54) is 16.4 Å². The molecule has 2 aromatic rings. The van der Waals surface area contributed by atoms with Crippen molar-refractivity contribution in [1.82, 2.24) is 4.31 Å². The second-order valence-electron chi connectivity index (χ2n) is 8.39. The lowest BCUT2D eigenvalue weighted by atomic mass is 10.1. The van der Waals surface area contributed by atoms with Gasteiger partial charge in [-0.3, -0.25) is 4.79 Å². The Hall–Kier alpha value is -1.58. The Morgan fingerprint density at radius 2 is 1.72 bits per heavy atom. The monoisotopic (exact) mass is 494 g/mol. The molecule has 32 heavy (non-hydrogen) atoms. The maximum absolute atomic E-state index is 13.4. The molecule has 4 rings (SSSR count). The number of anilines is 1. The minimum atomic E-state index is -3.65. The number of halogens is 1. The van der Waals surface area contributed by atoms with Gasteiger partial charge in [0.2, 0.25) is 10.0 Å². The first-order valence-corrected chi connectivity index (χ1v) is 13.4. The van der Waals surface area contributed by atoms with Gasteiger partial charge in [-0.05, 0) is 62.7 Å². The van der Waals surface area contributed by atoms with Gasteiger partial charge < -0.3 is 9.64 Å². The fourth-order valence-electron chi connectivity index (χ4n) is 4.12. The molecule has 0 bridgehead atoms. The lowest BCUT2D eigenvalue weighted by Gasteiger charge is -2.34. The summed E-state index contributed by atoms with van der Waals surface area (Å²) >= 11 is 7.95. The lowest BCUT2D eigenvalue weighted by Crippen LogP contribution is -2.48. The number of hydrogen-bond donors (Lipinski definition) is 0. The Morgan fingerprint density at radius 1 is 1.06 bits per heavy atom. The summed E-state index contributed by atoms with van der Waals surface area (Å²) in [7, 11) is -3.65. The lowest BCUT2D eigenvalue weighted by molar-refractivity contribution is -0.0440. The van der Waals surface area contributed by atoms with Gasteiger partial charge in [0.05, 0.1) is 22.8 Å². The summed E-state index contributed by atoms with van der Waals surface area (Å²) in [6.45, 7) is 7.08. The Morgan fingerprint density at radius 3 is 2.38 bits per heavy atom. The zero-order valence-electron chi connectivity index (χ0n) is 18.3. The van der Waals surface area contributed by atoms with Crippen LogP contribution in [-0.4, -0.2) is 55.7 Å². The molecule has 0 unspecified atom stereocenters. The van der Waals surface area contributed by atoms with Crippen molar-refractivity contribution in [2.24, 2.45) is 0 Å². The molecule has 1 fully saturated rings. The molecular formula is C23H27ClN2O4S2. The van der Waals surface area contributed by atoms with Crippen LogP contribution in [0.4, 0.5) is 5.69 Å². The van der Waals surface area contributed by atoms with Gasteiger partial charge in [0, 0.05) is 40.4 Å². The van der Waals surface area contributed by atoms with Crippen molar-refractivity contribution in [3.63, 3.8) is 0 Å². The van der Waals surface area contributed by atoms with Gasteiger partial charge in [-0.25, -0.2) is 8.42 Å². The number of ether oxygens (including phenoxy) is 1. The second-order valence-corrected chi connectivity index (χ2v) is 12.2. The summed E-state index contributed by atoms with van der Waals surface area (Å²) in [5.41, 5.74) is 1.24. The number of nitrogens with zero attached hydrogens (tertiary/aromatic N) is 2. The van der Waals surface area contributed by atoms with Gasteiger partial charge in [0.1, 0.15) is 0 Å². The van der Waals surface area contributed by atoms with Crippen LogP contribution in [0.3, 0.4) is 0 Å². The SMILES string of the molecule is C[C@@H]1CN(S(=O)(=O)c2ccc(C(=O)N3CC[C@H](C)Sc4ccc(Cl)cc43)cc2)C[C@@H](C)O1. The molecule has 0 aromatic heterocycles. The number of thioether (sulfide) groups is 1. The van der Waals surface area contributed by atoms with Gasteiger partial charge in [-0.1, -0.05) is 18.5 Å². The topological polar surface area (TPSA) is 66.9 Å². The third-order valence-corrected chi connectivity index (χ3v) is 8.99. The van der Waals surface area contributed by atoms with Crippen molar-refractivity contribution in [2.75, 3.05) is 24.5 Å².